The molecule has 0 amide bonds. The van der Waals surface area contributed by atoms with Crippen molar-refractivity contribution in [1.29, 1.82) is 0 Å². The number of aromatic amines is 1. The van der Waals surface area contributed by atoms with E-state index in [2.05, 4.69) is 49.3 Å². The minimum Gasteiger partial charge on any atom is -0.314 e. The number of hydrogen-bond acceptors (Lipinski definition) is 2. The van der Waals surface area contributed by atoms with Crippen LogP contribution in [0.2, 0.25) is 0 Å². The molecule has 0 saturated carbocycles. The van der Waals surface area contributed by atoms with Gasteiger partial charge < -0.3 is 5.32 Å². The van der Waals surface area contributed by atoms with E-state index in [-0.39, 0.29) is 0 Å². The molecule has 1 rings (SSSR count). The normalized spacial score (nSPS) is 14.1. The second-order valence-corrected chi connectivity index (χ2v) is 5.91. The lowest BCUT2D eigenvalue weighted by molar-refractivity contribution is 0.356. The van der Waals surface area contributed by atoms with Gasteiger partial charge in [0, 0.05) is 18.2 Å². The molecule has 0 aliphatic rings. The summed E-state index contributed by atoms with van der Waals surface area (Å²) in [6.07, 6.45) is 2.20. The quantitative estimate of drug-likeness (QED) is 0.805. The molecule has 1 aromatic heterocycles. The average Bonchev–Trinajstić information content (AvgIpc) is 2.48. The van der Waals surface area contributed by atoms with Crippen molar-refractivity contribution >= 4 is 0 Å². The van der Waals surface area contributed by atoms with E-state index in [0.29, 0.717) is 11.5 Å². The standard InChI is InChI=1S/C13H25N3/c1-10(14-7-6-13(3,4)5)8-12-9-11(2)15-16-12/h9-10,14H,6-8H2,1-5H3,(H,15,16)/t10-/m0/s1. The van der Waals surface area contributed by atoms with Gasteiger partial charge in [0.2, 0.25) is 0 Å². The summed E-state index contributed by atoms with van der Waals surface area (Å²) in [5.74, 6) is 0. The zero-order valence-electron chi connectivity index (χ0n) is 11.2. The van der Waals surface area contributed by atoms with Crippen LogP contribution in [-0.2, 0) is 6.42 Å². The van der Waals surface area contributed by atoms with E-state index in [4.69, 9.17) is 0 Å². The summed E-state index contributed by atoms with van der Waals surface area (Å²) in [5.41, 5.74) is 2.69. The summed E-state index contributed by atoms with van der Waals surface area (Å²) in [6.45, 7) is 12.2. The van der Waals surface area contributed by atoms with Crippen LogP contribution in [0.3, 0.4) is 0 Å². The number of H-pyrrole nitrogens is 1. The number of aryl methyl sites for hydroxylation is 1. The highest BCUT2D eigenvalue weighted by Gasteiger charge is 2.11. The highest BCUT2D eigenvalue weighted by Crippen LogP contribution is 2.17. The van der Waals surface area contributed by atoms with Crippen LogP contribution in [-0.4, -0.2) is 22.8 Å². The molecule has 3 heteroatoms. The maximum atomic E-state index is 4.25. The van der Waals surface area contributed by atoms with Crippen LogP contribution in [0.25, 0.3) is 0 Å². The van der Waals surface area contributed by atoms with E-state index in [9.17, 15) is 0 Å². The first-order valence-electron chi connectivity index (χ1n) is 6.11. The second-order valence-electron chi connectivity index (χ2n) is 5.91. The number of nitrogens with zero attached hydrogens (tertiary/aromatic N) is 1. The van der Waals surface area contributed by atoms with E-state index in [0.717, 1.165) is 24.4 Å². The predicted octanol–water partition coefficient (Wildman–Crippen LogP) is 2.67. The molecule has 1 heterocycles. The maximum absolute atomic E-state index is 4.25. The molecule has 1 aromatic rings. The smallest absolute Gasteiger partial charge is 0.0640 e. The van der Waals surface area contributed by atoms with E-state index >= 15 is 0 Å². The second kappa shape index (κ2) is 5.48. The molecule has 92 valence electrons. The third kappa shape index (κ3) is 5.31. The van der Waals surface area contributed by atoms with E-state index in [1.165, 1.54) is 6.42 Å². The minimum atomic E-state index is 0.412. The Bertz CT molecular complexity index is 309. The molecule has 0 spiro atoms. The average molecular weight is 223 g/mol. The minimum absolute atomic E-state index is 0.412. The Hall–Kier alpha value is -0.830. The Morgan fingerprint density at radius 3 is 2.62 bits per heavy atom. The van der Waals surface area contributed by atoms with Gasteiger partial charge in [-0.1, -0.05) is 20.8 Å². The third-order valence-corrected chi connectivity index (χ3v) is 2.64. The van der Waals surface area contributed by atoms with Crippen molar-refractivity contribution in [1.82, 2.24) is 15.5 Å². The summed E-state index contributed by atoms with van der Waals surface area (Å²) in [6, 6.07) is 2.60. The van der Waals surface area contributed by atoms with Crippen molar-refractivity contribution in [2.24, 2.45) is 5.41 Å². The fraction of sp³-hybridized carbons (Fsp3) is 0.769. The first kappa shape index (κ1) is 13.2. The SMILES string of the molecule is Cc1cc(C[C@H](C)NCCC(C)(C)C)n[nH]1. The fourth-order valence-corrected chi connectivity index (χ4v) is 1.66. The summed E-state index contributed by atoms with van der Waals surface area (Å²) in [4.78, 5) is 0. The van der Waals surface area contributed by atoms with Gasteiger partial charge in [0.15, 0.2) is 0 Å². The van der Waals surface area contributed by atoms with Crippen LogP contribution in [0.5, 0.6) is 0 Å². The molecule has 0 bridgehead atoms. The highest BCUT2D eigenvalue weighted by atomic mass is 15.1. The molecular weight excluding hydrogens is 198 g/mol. The lowest BCUT2D eigenvalue weighted by Gasteiger charge is -2.20. The number of aromatic nitrogens is 2. The lowest BCUT2D eigenvalue weighted by Crippen LogP contribution is -2.31. The van der Waals surface area contributed by atoms with Gasteiger partial charge in [-0.2, -0.15) is 5.10 Å². The number of nitrogens with one attached hydrogen (secondary N) is 2. The molecule has 1 atom stereocenters. The molecule has 0 aromatic carbocycles. The van der Waals surface area contributed by atoms with Crippen LogP contribution >= 0.6 is 0 Å². The van der Waals surface area contributed by atoms with E-state index in [1.54, 1.807) is 0 Å². The van der Waals surface area contributed by atoms with Crippen molar-refractivity contribution in [3.63, 3.8) is 0 Å². The van der Waals surface area contributed by atoms with Crippen molar-refractivity contribution in [3.05, 3.63) is 17.5 Å². The highest BCUT2D eigenvalue weighted by molar-refractivity contribution is 5.07. The summed E-state index contributed by atoms with van der Waals surface area (Å²) >= 11 is 0. The van der Waals surface area contributed by atoms with Gasteiger partial charge in [-0.3, -0.25) is 5.10 Å². The fourth-order valence-electron chi connectivity index (χ4n) is 1.66. The topological polar surface area (TPSA) is 40.7 Å². The molecule has 0 unspecified atom stereocenters. The molecule has 0 fully saturated rings. The van der Waals surface area contributed by atoms with Crippen LogP contribution < -0.4 is 5.32 Å². The van der Waals surface area contributed by atoms with Gasteiger partial charge >= 0.3 is 0 Å². The molecule has 0 radical (unpaired) electrons. The Balaban J connectivity index is 2.23. The van der Waals surface area contributed by atoms with Crippen molar-refractivity contribution < 1.29 is 0 Å². The zero-order valence-corrected chi connectivity index (χ0v) is 11.2. The molecular formula is C13H25N3. The van der Waals surface area contributed by atoms with Gasteiger partial charge in [-0.15, -0.1) is 0 Å². The van der Waals surface area contributed by atoms with Crippen molar-refractivity contribution in [2.45, 2.75) is 53.5 Å². The van der Waals surface area contributed by atoms with Gasteiger partial charge in [0.25, 0.3) is 0 Å². The zero-order chi connectivity index (χ0) is 12.2. The number of rotatable bonds is 5. The van der Waals surface area contributed by atoms with Crippen LogP contribution in [0.15, 0.2) is 6.07 Å². The molecule has 0 saturated heterocycles. The molecule has 3 nitrogen and oxygen atoms in total. The van der Waals surface area contributed by atoms with Crippen molar-refractivity contribution in [2.75, 3.05) is 6.54 Å². The maximum Gasteiger partial charge on any atom is 0.0640 e. The first-order valence-corrected chi connectivity index (χ1v) is 6.11. The van der Waals surface area contributed by atoms with Gasteiger partial charge in [0.1, 0.15) is 0 Å². The van der Waals surface area contributed by atoms with Crippen LogP contribution in [0.4, 0.5) is 0 Å². The van der Waals surface area contributed by atoms with Crippen LogP contribution in [0.1, 0.15) is 45.5 Å². The van der Waals surface area contributed by atoms with Gasteiger partial charge in [-0.05, 0) is 38.3 Å². The Morgan fingerprint density at radius 1 is 1.44 bits per heavy atom. The molecule has 2 N–H and O–H groups in total. The lowest BCUT2D eigenvalue weighted by atomic mass is 9.92. The summed E-state index contributed by atoms with van der Waals surface area (Å²) < 4.78 is 0. The Kier molecular flexibility index (Phi) is 4.54. The summed E-state index contributed by atoms with van der Waals surface area (Å²) in [7, 11) is 0. The molecule has 0 aliphatic heterocycles. The molecule has 16 heavy (non-hydrogen) atoms. The Morgan fingerprint density at radius 2 is 2.12 bits per heavy atom. The van der Waals surface area contributed by atoms with Crippen molar-refractivity contribution in [3.8, 4) is 0 Å². The Labute approximate surface area is 99.0 Å². The molecule has 0 aliphatic carbocycles. The van der Waals surface area contributed by atoms with Gasteiger partial charge in [-0.25, -0.2) is 0 Å². The summed E-state index contributed by atoms with van der Waals surface area (Å²) in [5, 5.41) is 10.8. The predicted molar refractivity (Wildman–Crippen MR) is 68.6 cm³/mol. The van der Waals surface area contributed by atoms with Crippen LogP contribution in [0, 0.1) is 12.3 Å². The monoisotopic (exact) mass is 223 g/mol. The van der Waals surface area contributed by atoms with E-state index in [1.807, 2.05) is 6.92 Å². The van der Waals surface area contributed by atoms with Gasteiger partial charge in [0.05, 0.1) is 5.69 Å². The third-order valence-electron chi connectivity index (χ3n) is 2.64. The largest absolute Gasteiger partial charge is 0.314 e. The van der Waals surface area contributed by atoms with E-state index < -0.39 is 0 Å². The first-order chi connectivity index (χ1) is 7.37. The number of hydrogen-bond donors (Lipinski definition) is 2.